The molecule has 0 unspecified atom stereocenters. The molecule has 2 rings (SSSR count). The highest BCUT2D eigenvalue weighted by atomic mass is 16.6. The molecule has 2 aliphatic heterocycles. The summed E-state index contributed by atoms with van der Waals surface area (Å²) < 4.78 is 16.5. The molecule has 0 aromatic carbocycles. The lowest BCUT2D eigenvalue weighted by molar-refractivity contribution is -0.169. The van der Waals surface area contributed by atoms with Crippen LogP contribution in [0.4, 0.5) is 0 Å². The number of rotatable bonds is 5. The SMILES string of the molecule is C/C=C\[C@H](C)[C@H]1O[C@]1(C)[C@@H](O)[C@H]1COC(=O)[C@H](O)[C@H](OC)[C@H](C)C(=O)[C@@H](C)[C@@H](O)/C(C)=C/[C@H](C)C(=O)C[C@H](O)[C@@H](C)C1=O. The van der Waals surface area contributed by atoms with Crippen molar-refractivity contribution in [1.29, 1.82) is 0 Å². The van der Waals surface area contributed by atoms with Crippen molar-refractivity contribution in [2.24, 2.45) is 35.5 Å². The number of ketones is 3. The number of esters is 1. The van der Waals surface area contributed by atoms with Crippen LogP contribution in [0.2, 0.25) is 0 Å². The predicted molar refractivity (Wildman–Crippen MR) is 157 cm³/mol. The first-order valence-electron chi connectivity index (χ1n) is 14.9. The first kappa shape index (κ1) is 36.9. The van der Waals surface area contributed by atoms with Gasteiger partial charge in [-0.15, -0.1) is 0 Å². The summed E-state index contributed by atoms with van der Waals surface area (Å²) in [4.78, 5) is 53.0. The third-order valence-corrected chi connectivity index (χ3v) is 9.21. The Hall–Kier alpha value is -2.28. The molecular formula is C32H50O11. The van der Waals surface area contributed by atoms with E-state index >= 15 is 0 Å². The second-order valence-electron chi connectivity index (χ2n) is 12.5. The standard InChI is InChI=1S/C32H50O11/c1-10-11-15(2)30-32(8,43-30)29(39)21-14-42-31(40)27(38)28(41-9)20(7)25(36)19(6)24(35)17(4)12-16(3)22(33)13-23(34)18(5)26(21)37/h10-12,15-16,18-21,23-24,27-30,34-35,38-39H,13-14H2,1-9H3/b11-10-,17-12+/t15-,16-,18+,19-,20+,21-,23-,24-,27+,28+,29-,30+,32+/m0/s1. The highest BCUT2D eigenvalue weighted by molar-refractivity contribution is 5.88. The van der Waals surface area contributed by atoms with Gasteiger partial charge in [-0.25, -0.2) is 4.79 Å². The van der Waals surface area contributed by atoms with E-state index in [1.165, 1.54) is 34.0 Å². The average molecular weight is 611 g/mol. The van der Waals surface area contributed by atoms with Gasteiger partial charge in [0, 0.05) is 43.1 Å². The van der Waals surface area contributed by atoms with Crippen molar-refractivity contribution in [3.63, 3.8) is 0 Å². The Morgan fingerprint density at radius 1 is 1.00 bits per heavy atom. The number of Topliss-reactive ketones (excluding diaryl/α,β-unsaturated/α-hetero) is 3. The summed E-state index contributed by atoms with van der Waals surface area (Å²) in [6, 6.07) is 0. The van der Waals surface area contributed by atoms with Crippen LogP contribution in [0.15, 0.2) is 23.8 Å². The number of methoxy groups -OCH3 is 1. The van der Waals surface area contributed by atoms with E-state index in [0.29, 0.717) is 5.57 Å². The van der Waals surface area contributed by atoms with Crippen molar-refractivity contribution >= 4 is 23.3 Å². The number of aliphatic hydroxyl groups is 4. The van der Waals surface area contributed by atoms with E-state index in [0.717, 1.165) is 0 Å². The summed E-state index contributed by atoms with van der Waals surface area (Å²) in [5.74, 6) is -8.06. The Morgan fingerprint density at radius 3 is 2.16 bits per heavy atom. The molecule has 1 fully saturated rings. The second-order valence-corrected chi connectivity index (χ2v) is 12.5. The summed E-state index contributed by atoms with van der Waals surface area (Å²) in [5.41, 5.74) is -0.809. The van der Waals surface area contributed by atoms with Gasteiger partial charge < -0.3 is 34.6 Å². The summed E-state index contributed by atoms with van der Waals surface area (Å²) >= 11 is 0. The van der Waals surface area contributed by atoms with Crippen LogP contribution in [0.5, 0.6) is 0 Å². The molecule has 0 aliphatic carbocycles. The molecule has 2 aliphatic rings. The maximum atomic E-state index is 13.7. The minimum Gasteiger partial charge on any atom is -0.463 e. The molecule has 0 radical (unpaired) electrons. The van der Waals surface area contributed by atoms with E-state index in [4.69, 9.17) is 14.2 Å². The van der Waals surface area contributed by atoms with Crippen molar-refractivity contribution in [3.8, 4) is 0 Å². The number of allylic oxidation sites excluding steroid dienone is 2. The van der Waals surface area contributed by atoms with Crippen LogP contribution in [-0.2, 0) is 33.4 Å². The molecule has 2 heterocycles. The van der Waals surface area contributed by atoms with Crippen LogP contribution in [-0.4, -0.2) is 99.7 Å². The van der Waals surface area contributed by atoms with E-state index in [2.05, 4.69) is 0 Å². The molecule has 0 aromatic rings. The normalized spacial score (nSPS) is 42.0. The van der Waals surface area contributed by atoms with E-state index in [1.54, 1.807) is 20.8 Å². The second kappa shape index (κ2) is 15.1. The molecule has 13 atom stereocenters. The molecule has 11 nitrogen and oxygen atoms in total. The number of carbonyl (C=O) groups is 4. The maximum absolute atomic E-state index is 13.7. The lowest BCUT2D eigenvalue weighted by Gasteiger charge is -2.31. The fourth-order valence-corrected chi connectivity index (χ4v) is 6.05. The molecule has 0 aromatic heterocycles. The minimum atomic E-state index is -1.92. The van der Waals surface area contributed by atoms with Gasteiger partial charge in [0.1, 0.15) is 35.7 Å². The van der Waals surface area contributed by atoms with Crippen LogP contribution in [0.25, 0.3) is 0 Å². The van der Waals surface area contributed by atoms with E-state index < -0.39 is 102 Å². The number of epoxide rings is 1. The molecule has 4 N–H and O–H groups in total. The smallest absolute Gasteiger partial charge is 0.337 e. The summed E-state index contributed by atoms with van der Waals surface area (Å²) in [5, 5.41) is 44.0. The van der Waals surface area contributed by atoms with Crippen molar-refractivity contribution in [2.45, 2.75) is 104 Å². The quantitative estimate of drug-likeness (QED) is 0.202. The van der Waals surface area contributed by atoms with Gasteiger partial charge in [-0.05, 0) is 26.3 Å². The van der Waals surface area contributed by atoms with Gasteiger partial charge in [0.05, 0.1) is 30.3 Å². The number of hydrogen-bond acceptors (Lipinski definition) is 11. The van der Waals surface area contributed by atoms with Crippen molar-refractivity contribution in [1.82, 2.24) is 0 Å². The summed E-state index contributed by atoms with van der Waals surface area (Å²) in [6.07, 6.45) is -2.96. The zero-order valence-corrected chi connectivity index (χ0v) is 26.7. The van der Waals surface area contributed by atoms with Crippen LogP contribution >= 0.6 is 0 Å². The zero-order valence-electron chi connectivity index (χ0n) is 26.7. The van der Waals surface area contributed by atoms with Crippen LogP contribution in [0.1, 0.15) is 61.8 Å². The minimum absolute atomic E-state index is 0.0932. The molecular weight excluding hydrogens is 560 g/mol. The predicted octanol–water partition coefficient (Wildman–Crippen LogP) is 1.58. The lowest BCUT2D eigenvalue weighted by atomic mass is 9.79. The van der Waals surface area contributed by atoms with E-state index in [9.17, 15) is 39.6 Å². The van der Waals surface area contributed by atoms with Gasteiger partial charge >= 0.3 is 5.97 Å². The van der Waals surface area contributed by atoms with Gasteiger partial charge in [0.2, 0.25) is 0 Å². The Bertz CT molecular complexity index is 1080. The number of ether oxygens (including phenoxy) is 3. The van der Waals surface area contributed by atoms with Crippen LogP contribution < -0.4 is 0 Å². The van der Waals surface area contributed by atoms with Gasteiger partial charge in [0.15, 0.2) is 6.10 Å². The fraction of sp³-hybridized carbons (Fsp3) is 0.750. The molecule has 0 saturated carbocycles. The molecule has 11 heteroatoms. The number of carbonyl (C=O) groups excluding carboxylic acids is 4. The van der Waals surface area contributed by atoms with Gasteiger partial charge in [0.25, 0.3) is 0 Å². The molecule has 43 heavy (non-hydrogen) atoms. The highest BCUT2D eigenvalue weighted by Gasteiger charge is 2.62. The van der Waals surface area contributed by atoms with Gasteiger partial charge in [-0.3, -0.25) is 14.4 Å². The lowest BCUT2D eigenvalue weighted by Crippen LogP contribution is -2.49. The number of hydrogen-bond donors (Lipinski definition) is 4. The topological polar surface area (TPSA) is 180 Å². The summed E-state index contributed by atoms with van der Waals surface area (Å²) in [6.45, 7) is 12.3. The average Bonchev–Trinajstić information content (AvgIpc) is 3.67. The first-order valence-corrected chi connectivity index (χ1v) is 14.9. The third-order valence-electron chi connectivity index (χ3n) is 9.21. The molecule has 0 amide bonds. The molecule has 0 bridgehead atoms. The van der Waals surface area contributed by atoms with Crippen LogP contribution in [0, 0.1) is 35.5 Å². The summed E-state index contributed by atoms with van der Waals surface area (Å²) in [7, 11) is 1.22. The number of aliphatic hydroxyl groups excluding tert-OH is 4. The third kappa shape index (κ3) is 8.26. The Labute approximate surface area is 254 Å². The van der Waals surface area contributed by atoms with E-state index in [-0.39, 0.29) is 12.3 Å². The maximum Gasteiger partial charge on any atom is 0.337 e. The van der Waals surface area contributed by atoms with Crippen molar-refractivity contribution in [3.05, 3.63) is 23.8 Å². The molecule has 0 spiro atoms. The van der Waals surface area contributed by atoms with Crippen molar-refractivity contribution < 1.29 is 53.8 Å². The fourth-order valence-electron chi connectivity index (χ4n) is 6.05. The largest absolute Gasteiger partial charge is 0.463 e. The van der Waals surface area contributed by atoms with Crippen molar-refractivity contribution in [2.75, 3.05) is 13.7 Å². The Balaban J connectivity index is 2.50. The zero-order chi connectivity index (χ0) is 33.0. The van der Waals surface area contributed by atoms with Gasteiger partial charge in [-0.2, -0.15) is 0 Å². The Morgan fingerprint density at radius 2 is 1.60 bits per heavy atom. The van der Waals surface area contributed by atoms with Gasteiger partial charge in [-0.1, -0.05) is 52.8 Å². The van der Waals surface area contributed by atoms with Crippen LogP contribution in [0.3, 0.4) is 0 Å². The Kier molecular flexibility index (Phi) is 13.0. The molecule has 1 saturated heterocycles. The monoisotopic (exact) mass is 610 g/mol. The van der Waals surface area contributed by atoms with E-state index in [1.807, 2.05) is 26.0 Å². The number of cyclic esters (lactones) is 1. The molecule has 244 valence electrons. The highest BCUT2D eigenvalue weighted by Crippen LogP contribution is 2.47. The first-order chi connectivity index (χ1) is 19.9.